The minimum Gasteiger partial charge on any atom is -0.347 e. The molecule has 1 aromatic heterocycles. The molecule has 0 aliphatic rings. The number of thioether (sulfide) groups is 1. The van der Waals surface area contributed by atoms with Gasteiger partial charge in [0.1, 0.15) is 6.54 Å². The average Bonchev–Trinajstić information content (AvgIpc) is 2.43. The van der Waals surface area contributed by atoms with Crippen molar-refractivity contribution in [2.24, 2.45) is 0 Å². The zero-order valence-electron chi connectivity index (χ0n) is 12.2. The van der Waals surface area contributed by atoms with Gasteiger partial charge >= 0.3 is 0 Å². The van der Waals surface area contributed by atoms with Gasteiger partial charge in [0.2, 0.25) is 17.8 Å². The van der Waals surface area contributed by atoms with Crippen LogP contribution in [0.4, 0.5) is 11.9 Å². The fourth-order valence-corrected chi connectivity index (χ4v) is 1.52. The Morgan fingerprint density at radius 2 is 1.80 bits per heavy atom. The summed E-state index contributed by atoms with van der Waals surface area (Å²) in [6.07, 6.45) is 3.76. The summed E-state index contributed by atoms with van der Waals surface area (Å²) in [6.45, 7) is -0.103. The number of aromatic nitrogens is 3. The van der Waals surface area contributed by atoms with Gasteiger partial charge in [-0.2, -0.15) is 20.2 Å². The number of nitrogens with zero attached hydrogens (tertiary/aromatic N) is 7. The van der Waals surface area contributed by atoms with E-state index in [1.807, 2.05) is 12.4 Å². The van der Waals surface area contributed by atoms with Gasteiger partial charge in [0.25, 0.3) is 0 Å². The second-order valence-electron chi connectivity index (χ2n) is 4.29. The Morgan fingerprint density at radius 3 is 2.25 bits per heavy atom. The smallest absolute Gasteiger partial charge is 0.245 e. The summed E-state index contributed by atoms with van der Waals surface area (Å²) in [5.74, 6) is 0.409. The van der Waals surface area contributed by atoms with Crippen molar-refractivity contribution in [1.82, 2.24) is 19.9 Å². The normalized spacial score (nSPS) is 9.80. The molecule has 0 aliphatic heterocycles. The van der Waals surface area contributed by atoms with Gasteiger partial charge in [-0.3, -0.25) is 4.79 Å². The van der Waals surface area contributed by atoms with Crippen LogP contribution >= 0.6 is 11.8 Å². The molecule has 1 amide bonds. The van der Waals surface area contributed by atoms with Gasteiger partial charge in [0.05, 0.1) is 0 Å². The van der Waals surface area contributed by atoms with Gasteiger partial charge in [0, 0.05) is 28.2 Å². The number of hydrogen-bond donors (Lipinski definition) is 0. The van der Waals surface area contributed by atoms with Crippen LogP contribution in [0.5, 0.6) is 0 Å². The fraction of sp³-hybridized carbons (Fsp3) is 0.545. The Balaban J connectivity index is 3.12. The van der Waals surface area contributed by atoms with Gasteiger partial charge in [-0.1, -0.05) is 11.8 Å². The quantitative estimate of drug-likeness (QED) is 0.427. The summed E-state index contributed by atoms with van der Waals surface area (Å²) in [5.41, 5.74) is 0. The SMILES string of the molecule is CSc1nc(N(C)C)nc(N(C#N)CC(=O)N(C)C)n1. The van der Waals surface area contributed by atoms with Crippen molar-refractivity contribution in [2.75, 3.05) is 50.8 Å². The molecule has 0 saturated carbocycles. The minimum atomic E-state index is -0.205. The average molecular weight is 295 g/mol. The predicted octanol–water partition coefficient (Wildman–Crippen LogP) is 0.0352. The lowest BCUT2D eigenvalue weighted by Crippen LogP contribution is -2.35. The van der Waals surface area contributed by atoms with E-state index in [1.165, 1.54) is 16.7 Å². The zero-order chi connectivity index (χ0) is 15.3. The minimum absolute atomic E-state index is 0.103. The van der Waals surface area contributed by atoms with Crippen molar-refractivity contribution in [3.8, 4) is 6.19 Å². The van der Waals surface area contributed by atoms with Gasteiger partial charge in [-0.15, -0.1) is 0 Å². The third kappa shape index (κ3) is 3.96. The lowest BCUT2D eigenvalue weighted by molar-refractivity contribution is -0.127. The van der Waals surface area contributed by atoms with E-state index in [0.29, 0.717) is 11.1 Å². The first-order chi connectivity index (χ1) is 9.38. The van der Waals surface area contributed by atoms with Gasteiger partial charge < -0.3 is 9.80 Å². The molecule has 0 fully saturated rings. The third-order valence-electron chi connectivity index (χ3n) is 2.33. The maximum absolute atomic E-state index is 11.7. The lowest BCUT2D eigenvalue weighted by Gasteiger charge is -2.18. The standard InChI is InChI=1S/C11H17N7OS/c1-16(2)8(19)6-18(7-12)10-13-9(17(3)4)14-11(15-10)20-5/h6H2,1-5H3. The van der Waals surface area contributed by atoms with Crippen LogP contribution in [0, 0.1) is 11.5 Å². The number of hydrogen-bond acceptors (Lipinski definition) is 8. The van der Waals surface area contributed by atoms with E-state index in [1.54, 1.807) is 33.1 Å². The van der Waals surface area contributed by atoms with E-state index in [9.17, 15) is 10.1 Å². The molecular formula is C11H17N7OS. The molecule has 20 heavy (non-hydrogen) atoms. The van der Waals surface area contributed by atoms with E-state index in [4.69, 9.17) is 0 Å². The topological polar surface area (TPSA) is 89.2 Å². The molecule has 0 radical (unpaired) electrons. The van der Waals surface area contributed by atoms with Crippen LogP contribution in [0.15, 0.2) is 5.16 Å². The maximum atomic E-state index is 11.7. The Kier molecular flexibility index (Phi) is 5.52. The Bertz CT molecular complexity index is 526. The van der Waals surface area contributed by atoms with E-state index < -0.39 is 0 Å². The van der Waals surface area contributed by atoms with Crippen LogP contribution in [0.2, 0.25) is 0 Å². The monoisotopic (exact) mass is 295 g/mol. The summed E-state index contributed by atoms with van der Waals surface area (Å²) >= 11 is 1.35. The summed E-state index contributed by atoms with van der Waals surface area (Å²) in [5, 5.41) is 9.68. The number of anilines is 2. The van der Waals surface area contributed by atoms with Crippen LogP contribution in [-0.2, 0) is 4.79 Å². The van der Waals surface area contributed by atoms with Gasteiger partial charge in [0.15, 0.2) is 11.3 Å². The number of nitriles is 1. The summed E-state index contributed by atoms with van der Waals surface area (Å²) in [6, 6.07) is 0. The molecule has 0 N–H and O–H groups in total. The number of likely N-dealkylation sites (N-methyl/N-ethyl adjacent to an activating group) is 1. The Hall–Kier alpha value is -2.08. The predicted molar refractivity (Wildman–Crippen MR) is 77.6 cm³/mol. The van der Waals surface area contributed by atoms with E-state index in [-0.39, 0.29) is 18.4 Å². The fourth-order valence-electron chi connectivity index (χ4n) is 1.18. The van der Waals surface area contributed by atoms with Gasteiger partial charge in [-0.25, -0.2) is 4.90 Å². The van der Waals surface area contributed by atoms with Crippen LogP contribution in [0.3, 0.4) is 0 Å². The van der Waals surface area contributed by atoms with Crippen molar-refractivity contribution in [2.45, 2.75) is 5.16 Å². The molecule has 0 atom stereocenters. The summed E-state index contributed by atoms with van der Waals surface area (Å²) in [4.78, 5) is 28.6. The molecule has 108 valence electrons. The lowest BCUT2D eigenvalue weighted by atomic mass is 10.5. The van der Waals surface area contributed by atoms with Crippen LogP contribution in [0.25, 0.3) is 0 Å². The molecule has 0 aromatic carbocycles. The summed E-state index contributed by atoms with van der Waals surface area (Å²) in [7, 11) is 6.85. The van der Waals surface area contributed by atoms with E-state index in [2.05, 4.69) is 15.0 Å². The third-order valence-corrected chi connectivity index (χ3v) is 2.88. The number of amides is 1. The maximum Gasteiger partial charge on any atom is 0.245 e. The highest BCUT2D eigenvalue weighted by Crippen LogP contribution is 2.17. The van der Waals surface area contributed by atoms with E-state index in [0.717, 1.165) is 4.90 Å². The Morgan fingerprint density at radius 1 is 1.20 bits per heavy atom. The van der Waals surface area contributed by atoms with Crippen molar-refractivity contribution in [1.29, 1.82) is 5.26 Å². The first kappa shape index (κ1) is 16.0. The molecule has 1 rings (SSSR count). The van der Waals surface area contributed by atoms with Crippen molar-refractivity contribution < 1.29 is 4.79 Å². The number of rotatable bonds is 5. The second kappa shape index (κ2) is 6.91. The van der Waals surface area contributed by atoms with Gasteiger partial charge in [-0.05, 0) is 6.26 Å². The van der Waals surface area contributed by atoms with Crippen molar-refractivity contribution in [3.63, 3.8) is 0 Å². The van der Waals surface area contributed by atoms with Crippen molar-refractivity contribution in [3.05, 3.63) is 0 Å². The molecule has 0 spiro atoms. The second-order valence-corrected chi connectivity index (χ2v) is 5.06. The highest BCUT2D eigenvalue weighted by atomic mass is 32.2. The summed E-state index contributed by atoms with van der Waals surface area (Å²) < 4.78 is 0. The highest BCUT2D eigenvalue weighted by molar-refractivity contribution is 7.98. The molecular weight excluding hydrogens is 278 g/mol. The molecule has 8 nitrogen and oxygen atoms in total. The Labute approximate surface area is 122 Å². The van der Waals surface area contributed by atoms with Crippen molar-refractivity contribution >= 4 is 29.6 Å². The molecule has 0 bridgehead atoms. The largest absolute Gasteiger partial charge is 0.347 e. The highest BCUT2D eigenvalue weighted by Gasteiger charge is 2.18. The number of carbonyl (C=O) groups is 1. The first-order valence-electron chi connectivity index (χ1n) is 5.73. The number of carbonyl (C=O) groups excluding carboxylic acids is 1. The molecule has 1 aromatic rings. The molecule has 9 heteroatoms. The van der Waals surface area contributed by atoms with Crippen LogP contribution < -0.4 is 9.80 Å². The first-order valence-corrected chi connectivity index (χ1v) is 6.96. The zero-order valence-corrected chi connectivity index (χ0v) is 13.0. The molecule has 1 heterocycles. The van der Waals surface area contributed by atoms with E-state index >= 15 is 0 Å². The molecule has 0 saturated heterocycles. The molecule has 0 aliphatic carbocycles. The van der Waals surface area contributed by atoms with Crippen LogP contribution in [-0.4, -0.2) is 66.8 Å². The molecule has 0 unspecified atom stereocenters. The van der Waals surface area contributed by atoms with Crippen LogP contribution in [0.1, 0.15) is 0 Å².